The first-order chi connectivity index (χ1) is 15.0. The number of carbonyl (C=O) groups is 2. The van der Waals surface area contributed by atoms with Crippen molar-refractivity contribution >= 4 is 17.6 Å². The summed E-state index contributed by atoms with van der Waals surface area (Å²) in [7, 11) is 0. The normalized spacial score (nSPS) is 13.2. The number of rotatable bonds is 9. The van der Waals surface area contributed by atoms with E-state index < -0.39 is 53.7 Å². The zero-order chi connectivity index (χ0) is 23.9. The van der Waals surface area contributed by atoms with Crippen molar-refractivity contribution in [2.75, 3.05) is 6.61 Å². The highest BCUT2D eigenvalue weighted by atomic mass is 19.4. The summed E-state index contributed by atoms with van der Waals surface area (Å²) in [4.78, 5) is 24.7. The third kappa shape index (κ3) is 6.13. The fourth-order valence-corrected chi connectivity index (χ4v) is 2.81. The lowest BCUT2D eigenvalue weighted by molar-refractivity contribution is -0.155. The van der Waals surface area contributed by atoms with Crippen LogP contribution in [0.5, 0.6) is 0 Å². The van der Waals surface area contributed by atoms with Crippen molar-refractivity contribution < 1.29 is 37.0 Å². The molecule has 1 amide bonds. The van der Waals surface area contributed by atoms with Crippen molar-refractivity contribution in [1.82, 2.24) is 5.32 Å². The summed E-state index contributed by atoms with van der Waals surface area (Å²) in [5, 5.41) is 20.8. The molecule has 1 atom stereocenters. The van der Waals surface area contributed by atoms with E-state index in [1.54, 1.807) is 13.0 Å². The number of halogens is 4. The molecule has 0 heterocycles. The number of carbonyl (C=O) groups excluding carboxylic acids is 2. The second kappa shape index (κ2) is 10.4. The largest absolute Gasteiger partial charge is 0.457 e. The third-order valence-electron chi connectivity index (χ3n) is 4.60. The number of hydrogen-bond donors (Lipinski definition) is 3. The highest BCUT2D eigenvalue weighted by molar-refractivity contribution is 6.35. The summed E-state index contributed by atoms with van der Waals surface area (Å²) < 4.78 is 57.6. The quantitative estimate of drug-likeness (QED) is 0.306. The number of esters is 1. The van der Waals surface area contributed by atoms with E-state index in [0.717, 1.165) is 0 Å². The number of ether oxygens (including phenoxy) is 1. The standard InChI is InChI=1S/C22H22F4N2O4/c1-2-6-18(27)19(29)32-13-21(31,15-7-4-3-5-8-15)20(30)28-12-14-11-16(22(24,25)26)9-10-17(14)23/h3-5,7-11,27,31H,2,6,12-13H2,1H3,(H,28,30). The van der Waals surface area contributed by atoms with Gasteiger partial charge in [-0.1, -0.05) is 43.7 Å². The molecular formula is C22H22F4N2O4. The van der Waals surface area contributed by atoms with Gasteiger partial charge in [0.05, 0.1) is 5.56 Å². The van der Waals surface area contributed by atoms with E-state index in [1.807, 2.05) is 0 Å². The van der Waals surface area contributed by atoms with Gasteiger partial charge in [0.25, 0.3) is 5.91 Å². The zero-order valence-corrected chi connectivity index (χ0v) is 17.1. The van der Waals surface area contributed by atoms with Crippen LogP contribution in [-0.2, 0) is 32.6 Å². The van der Waals surface area contributed by atoms with Crippen LogP contribution in [0.1, 0.15) is 36.5 Å². The van der Waals surface area contributed by atoms with Gasteiger partial charge < -0.3 is 15.2 Å². The lowest BCUT2D eigenvalue weighted by Gasteiger charge is -2.27. The summed E-state index contributed by atoms with van der Waals surface area (Å²) in [5.74, 6) is -3.10. The lowest BCUT2D eigenvalue weighted by atomic mass is 9.93. The molecule has 2 rings (SSSR count). The Kier molecular flexibility index (Phi) is 8.09. The van der Waals surface area contributed by atoms with Gasteiger partial charge in [-0.2, -0.15) is 13.2 Å². The van der Waals surface area contributed by atoms with Crippen LogP contribution in [-0.4, -0.2) is 29.3 Å². The number of aliphatic hydroxyl groups is 1. The Hall–Kier alpha value is -3.27. The predicted molar refractivity (Wildman–Crippen MR) is 107 cm³/mol. The number of hydrogen-bond acceptors (Lipinski definition) is 5. The summed E-state index contributed by atoms with van der Waals surface area (Å²) >= 11 is 0. The molecule has 0 aliphatic heterocycles. The maximum Gasteiger partial charge on any atom is 0.416 e. The molecular weight excluding hydrogens is 432 g/mol. The molecule has 10 heteroatoms. The molecule has 32 heavy (non-hydrogen) atoms. The Morgan fingerprint density at radius 2 is 1.75 bits per heavy atom. The van der Waals surface area contributed by atoms with Gasteiger partial charge in [-0.15, -0.1) is 0 Å². The second-order valence-electron chi connectivity index (χ2n) is 7.02. The van der Waals surface area contributed by atoms with Crippen molar-refractivity contribution in [3.63, 3.8) is 0 Å². The van der Waals surface area contributed by atoms with Gasteiger partial charge in [0.1, 0.15) is 18.1 Å². The van der Waals surface area contributed by atoms with E-state index in [2.05, 4.69) is 5.32 Å². The summed E-state index contributed by atoms with van der Waals surface area (Å²) in [6, 6.07) is 9.18. The number of benzene rings is 2. The Balaban J connectivity index is 2.23. The minimum absolute atomic E-state index is 0.0387. The van der Waals surface area contributed by atoms with Crippen molar-refractivity contribution in [1.29, 1.82) is 5.41 Å². The van der Waals surface area contributed by atoms with Gasteiger partial charge in [0.2, 0.25) is 5.60 Å². The summed E-state index contributed by atoms with van der Waals surface area (Å²) in [6.07, 6.45) is -4.04. The maximum absolute atomic E-state index is 14.0. The molecule has 0 aliphatic carbocycles. The van der Waals surface area contributed by atoms with Gasteiger partial charge in [-0.05, 0) is 30.2 Å². The molecule has 0 saturated carbocycles. The molecule has 0 aliphatic rings. The Bertz CT molecular complexity index is 980. The van der Waals surface area contributed by atoms with E-state index >= 15 is 0 Å². The molecule has 0 saturated heterocycles. The highest BCUT2D eigenvalue weighted by Crippen LogP contribution is 2.30. The first kappa shape index (κ1) is 25.0. The number of alkyl halides is 3. The second-order valence-corrected chi connectivity index (χ2v) is 7.02. The minimum Gasteiger partial charge on any atom is -0.457 e. The van der Waals surface area contributed by atoms with Crippen LogP contribution >= 0.6 is 0 Å². The predicted octanol–water partition coefficient (Wildman–Crippen LogP) is 3.71. The van der Waals surface area contributed by atoms with Crippen LogP contribution in [0.2, 0.25) is 0 Å². The zero-order valence-electron chi connectivity index (χ0n) is 17.1. The molecule has 0 bridgehead atoms. The molecule has 1 unspecified atom stereocenters. The molecule has 6 nitrogen and oxygen atoms in total. The van der Waals surface area contributed by atoms with Gasteiger partial charge >= 0.3 is 12.1 Å². The van der Waals surface area contributed by atoms with Crippen LogP contribution in [0.25, 0.3) is 0 Å². The van der Waals surface area contributed by atoms with E-state index in [-0.39, 0.29) is 17.7 Å². The molecule has 0 fully saturated rings. The van der Waals surface area contributed by atoms with Crippen LogP contribution in [0.15, 0.2) is 48.5 Å². The van der Waals surface area contributed by atoms with Crippen molar-refractivity contribution in [2.24, 2.45) is 0 Å². The van der Waals surface area contributed by atoms with Gasteiger partial charge in [0, 0.05) is 12.1 Å². The van der Waals surface area contributed by atoms with E-state index in [0.29, 0.717) is 24.6 Å². The average Bonchev–Trinajstić information content (AvgIpc) is 2.76. The maximum atomic E-state index is 14.0. The van der Waals surface area contributed by atoms with E-state index in [4.69, 9.17) is 10.1 Å². The molecule has 0 radical (unpaired) electrons. The van der Waals surface area contributed by atoms with Crippen LogP contribution < -0.4 is 5.32 Å². The molecule has 2 aromatic rings. The molecule has 0 spiro atoms. The Labute approximate surface area is 181 Å². The first-order valence-electron chi connectivity index (χ1n) is 9.65. The average molecular weight is 454 g/mol. The fraction of sp³-hybridized carbons (Fsp3) is 0.318. The molecule has 172 valence electrons. The van der Waals surface area contributed by atoms with Gasteiger partial charge in [-0.3, -0.25) is 10.2 Å². The van der Waals surface area contributed by atoms with Crippen molar-refractivity contribution in [3.05, 3.63) is 71.0 Å². The highest BCUT2D eigenvalue weighted by Gasteiger charge is 2.40. The molecule has 0 aromatic heterocycles. The smallest absolute Gasteiger partial charge is 0.416 e. The Morgan fingerprint density at radius 1 is 1.09 bits per heavy atom. The molecule has 2 aromatic carbocycles. The van der Waals surface area contributed by atoms with Crippen LogP contribution in [0, 0.1) is 11.2 Å². The van der Waals surface area contributed by atoms with Gasteiger partial charge in [-0.25, -0.2) is 9.18 Å². The topological polar surface area (TPSA) is 99.5 Å². The summed E-state index contributed by atoms with van der Waals surface area (Å²) in [6.45, 7) is 0.255. The van der Waals surface area contributed by atoms with E-state index in [9.17, 15) is 32.3 Å². The lowest BCUT2D eigenvalue weighted by Crippen LogP contribution is -2.48. The van der Waals surface area contributed by atoms with Crippen molar-refractivity contribution in [3.8, 4) is 0 Å². The summed E-state index contributed by atoms with van der Waals surface area (Å²) in [5.41, 5.74) is -4.25. The van der Waals surface area contributed by atoms with Crippen molar-refractivity contribution in [2.45, 2.75) is 38.1 Å². The van der Waals surface area contributed by atoms with E-state index in [1.165, 1.54) is 24.3 Å². The Morgan fingerprint density at radius 3 is 2.34 bits per heavy atom. The van der Waals surface area contributed by atoms with Crippen LogP contribution in [0.3, 0.4) is 0 Å². The third-order valence-corrected chi connectivity index (χ3v) is 4.60. The SMILES string of the molecule is CCCC(=N)C(=O)OCC(O)(C(=O)NCc1cc(C(F)(F)F)ccc1F)c1ccccc1. The molecule has 3 N–H and O–H groups in total. The fourth-order valence-electron chi connectivity index (χ4n) is 2.81. The minimum atomic E-state index is -4.70. The monoisotopic (exact) mass is 454 g/mol. The number of nitrogens with one attached hydrogen (secondary N) is 2. The van der Waals surface area contributed by atoms with Gasteiger partial charge in [0.15, 0.2) is 0 Å². The first-order valence-corrected chi connectivity index (χ1v) is 9.65. The number of amides is 1. The van der Waals surface area contributed by atoms with Crippen LogP contribution in [0.4, 0.5) is 17.6 Å².